The first-order valence-corrected chi connectivity index (χ1v) is 12.4. The molecule has 0 amide bonds. The fourth-order valence-corrected chi connectivity index (χ4v) is 3.75. The summed E-state index contributed by atoms with van der Waals surface area (Å²) in [5.41, 5.74) is 0.523. The molecule has 1 heterocycles. The molecule has 1 saturated heterocycles. The molecule has 0 saturated carbocycles. The van der Waals surface area contributed by atoms with E-state index in [-0.39, 0.29) is 11.5 Å². The smallest absolute Gasteiger partial charge is 0.494 e. The maximum absolute atomic E-state index is 12.7. The van der Waals surface area contributed by atoms with Crippen molar-refractivity contribution in [1.82, 2.24) is 0 Å². The number of benzene rings is 3. The Balaban J connectivity index is 1.52. The van der Waals surface area contributed by atoms with Gasteiger partial charge in [-0.2, -0.15) is 8.42 Å². The summed E-state index contributed by atoms with van der Waals surface area (Å²) >= 11 is 0. The summed E-state index contributed by atoms with van der Waals surface area (Å²) in [6.07, 6.45) is -0.926. The van der Waals surface area contributed by atoms with Gasteiger partial charge in [0.1, 0.15) is 23.0 Å². The average molecular weight is 516 g/mol. The fourth-order valence-electron chi connectivity index (χ4n) is 3.41. The third-order valence-corrected chi connectivity index (χ3v) is 6.47. The van der Waals surface area contributed by atoms with Gasteiger partial charge in [-0.05, 0) is 93.8 Å². The predicted octanol–water partition coefficient (Wildman–Crippen LogP) is 4.44. The van der Waals surface area contributed by atoms with Gasteiger partial charge in [0, 0.05) is 5.56 Å². The maximum atomic E-state index is 12.7. The quantitative estimate of drug-likeness (QED) is 0.267. The molecule has 0 bridgehead atoms. The van der Waals surface area contributed by atoms with Crippen LogP contribution in [0.1, 0.15) is 39.5 Å². The first-order valence-electron chi connectivity index (χ1n) is 11.1. The van der Waals surface area contributed by atoms with E-state index in [4.69, 9.17) is 18.8 Å². The van der Waals surface area contributed by atoms with Crippen molar-refractivity contribution in [3.63, 3.8) is 0 Å². The minimum Gasteiger partial charge on any atom is -0.508 e. The van der Waals surface area contributed by atoms with Gasteiger partial charge in [0.2, 0.25) is 0 Å². The molecule has 1 aliphatic heterocycles. The Bertz CT molecular complexity index is 1280. The number of aromatic hydroxyl groups is 1. The van der Waals surface area contributed by atoms with Crippen LogP contribution in [-0.2, 0) is 19.8 Å². The maximum Gasteiger partial charge on any atom is 0.494 e. The van der Waals surface area contributed by atoms with Crippen LogP contribution in [0.3, 0.4) is 0 Å². The second-order valence-electron chi connectivity index (χ2n) is 9.26. The lowest BCUT2D eigenvalue weighted by molar-refractivity contribution is 0.00378. The lowest BCUT2D eigenvalue weighted by Crippen LogP contribution is -2.41. The Kier molecular flexibility index (Phi) is 6.91. The number of phenols is 1. The van der Waals surface area contributed by atoms with E-state index < -0.39 is 35.1 Å². The van der Waals surface area contributed by atoms with Crippen molar-refractivity contribution >= 4 is 23.1 Å². The zero-order valence-electron chi connectivity index (χ0n) is 20.2. The SMILES string of the molecule is CC1(C)OB(c2ccc(OC(Oc3ccc(OS(=O)(=O)F)cc3)c3ccc(O)cc3)cc2)OC1(C)C. The molecule has 3 aromatic carbocycles. The van der Waals surface area contributed by atoms with Gasteiger partial charge in [0.25, 0.3) is 6.29 Å². The third kappa shape index (κ3) is 6.10. The van der Waals surface area contributed by atoms with Gasteiger partial charge in [-0.3, -0.25) is 0 Å². The molecule has 36 heavy (non-hydrogen) atoms. The zero-order valence-corrected chi connectivity index (χ0v) is 21.0. The van der Waals surface area contributed by atoms with Gasteiger partial charge in [0.15, 0.2) is 0 Å². The summed E-state index contributed by atoms with van der Waals surface area (Å²) in [5, 5.41) is 9.65. The van der Waals surface area contributed by atoms with Gasteiger partial charge < -0.3 is 28.1 Å². The molecule has 4 rings (SSSR count). The molecule has 8 nitrogen and oxygen atoms in total. The van der Waals surface area contributed by atoms with Crippen molar-refractivity contribution < 1.29 is 40.4 Å². The molecule has 3 aromatic rings. The van der Waals surface area contributed by atoms with E-state index in [0.29, 0.717) is 17.1 Å². The summed E-state index contributed by atoms with van der Waals surface area (Å²) in [7, 11) is -5.64. The van der Waals surface area contributed by atoms with Gasteiger partial charge >= 0.3 is 17.6 Å². The van der Waals surface area contributed by atoms with Crippen LogP contribution in [-0.4, -0.2) is 31.8 Å². The Labute approximate surface area is 210 Å². The molecule has 1 unspecified atom stereocenters. The highest BCUT2D eigenvalue weighted by Gasteiger charge is 2.51. The first-order chi connectivity index (χ1) is 16.8. The van der Waals surface area contributed by atoms with Crippen molar-refractivity contribution in [2.45, 2.75) is 45.2 Å². The summed E-state index contributed by atoms with van der Waals surface area (Å²) in [6, 6.07) is 18.8. The molecule has 190 valence electrons. The summed E-state index contributed by atoms with van der Waals surface area (Å²) in [6.45, 7) is 7.94. The molecule has 0 spiro atoms. The van der Waals surface area contributed by atoms with Crippen LogP contribution < -0.4 is 19.1 Å². The van der Waals surface area contributed by atoms with E-state index in [2.05, 4.69) is 4.18 Å². The number of hydrogen-bond acceptors (Lipinski definition) is 8. The van der Waals surface area contributed by atoms with Crippen LogP contribution in [0, 0.1) is 0 Å². The van der Waals surface area contributed by atoms with Crippen molar-refractivity contribution in [1.29, 1.82) is 0 Å². The van der Waals surface area contributed by atoms with E-state index in [9.17, 15) is 17.4 Å². The number of rotatable bonds is 8. The van der Waals surface area contributed by atoms with E-state index in [1.807, 2.05) is 39.8 Å². The lowest BCUT2D eigenvalue weighted by atomic mass is 9.79. The molecule has 1 atom stereocenters. The van der Waals surface area contributed by atoms with Crippen molar-refractivity contribution in [2.24, 2.45) is 0 Å². The Morgan fingerprint density at radius 2 is 1.22 bits per heavy atom. The molecule has 11 heteroatoms. The molecule has 1 fully saturated rings. The summed E-state index contributed by atoms with van der Waals surface area (Å²) < 4.78 is 62.5. The van der Waals surface area contributed by atoms with Gasteiger partial charge in [-0.25, -0.2) is 0 Å². The Morgan fingerprint density at radius 3 is 1.69 bits per heavy atom. The van der Waals surface area contributed by atoms with Gasteiger partial charge in [-0.1, -0.05) is 16.0 Å². The van der Waals surface area contributed by atoms with E-state index >= 15 is 0 Å². The molecular formula is C25H26BFO8S. The van der Waals surface area contributed by atoms with Crippen LogP contribution in [0.15, 0.2) is 72.8 Å². The van der Waals surface area contributed by atoms with Crippen LogP contribution in [0.25, 0.3) is 0 Å². The van der Waals surface area contributed by atoms with Crippen LogP contribution in [0.5, 0.6) is 23.0 Å². The number of hydrogen-bond donors (Lipinski definition) is 1. The highest BCUT2D eigenvalue weighted by molar-refractivity contribution is 7.81. The summed E-state index contributed by atoms with van der Waals surface area (Å²) in [4.78, 5) is 0. The van der Waals surface area contributed by atoms with E-state index in [0.717, 1.165) is 5.46 Å². The number of phenolic OH excluding ortho intramolecular Hbond substituents is 1. The second-order valence-corrected chi connectivity index (χ2v) is 10.2. The number of halogens is 1. The van der Waals surface area contributed by atoms with E-state index in [1.54, 1.807) is 24.3 Å². The highest BCUT2D eigenvalue weighted by Crippen LogP contribution is 2.36. The molecule has 1 aliphatic rings. The predicted molar refractivity (Wildman–Crippen MR) is 131 cm³/mol. The Morgan fingerprint density at radius 1 is 0.778 bits per heavy atom. The fraction of sp³-hybridized carbons (Fsp3) is 0.280. The topological polar surface area (TPSA) is 101 Å². The standard InChI is InChI=1S/C25H26BFO8S/c1-24(2)25(3,4)35-26(34-24)18-7-11-20(12-8-18)31-23(17-5-9-19(28)10-6-17)32-21-13-15-22(16-14-21)33-36(27,29)30/h5-16,23,28H,1-4H3. The van der Waals surface area contributed by atoms with Gasteiger partial charge in [-0.15, -0.1) is 0 Å². The molecule has 0 aliphatic carbocycles. The molecule has 0 radical (unpaired) electrons. The van der Waals surface area contributed by atoms with Crippen molar-refractivity contribution in [3.8, 4) is 23.0 Å². The third-order valence-electron chi connectivity index (χ3n) is 6.08. The van der Waals surface area contributed by atoms with E-state index in [1.165, 1.54) is 36.4 Å². The van der Waals surface area contributed by atoms with Crippen LogP contribution >= 0.6 is 0 Å². The van der Waals surface area contributed by atoms with Crippen molar-refractivity contribution in [2.75, 3.05) is 0 Å². The second kappa shape index (κ2) is 9.64. The lowest BCUT2D eigenvalue weighted by Gasteiger charge is -2.32. The Hall–Kier alpha value is -3.28. The zero-order chi connectivity index (χ0) is 26.1. The average Bonchev–Trinajstić information content (AvgIpc) is 3.01. The largest absolute Gasteiger partial charge is 0.508 e. The van der Waals surface area contributed by atoms with Crippen molar-refractivity contribution in [3.05, 3.63) is 78.4 Å². The minimum absolute atomic E-state index is 0.0817. The molecule has 1 N–H and O–H groups in total. The van der Waals surface area contributed by atoms with Crippen LogP contribution in [0.4, 0.5) is 3.89 Å². The first kappa shape index (κ1) is 25.8. The highest BCUT2D eigenvalue weighted by atomic mass is 32.3. The molecule has 0 aromatic heterocycles. The van der Waals surface area contributed by atoms with Crippen LogP contribution in [0.2, 0.25) is 0 Å². The minimum atomic E-state index is -5.13. The summed E-state index contributed by atoms with van der Waals surface area (Å²) in [5.74, 6) is 0.686. The normalized spacial score (nSPS) is 17.4. The monoisotopic (exact) mass is 516 g/mol. The number of ether oxygens (including phenoxy) is 2. The van der Waals surface area contributed by atoms with Gasteiger partial charge in [0.05, 0.1) is 11.2 Å². The molecular weight excluding hydrogens is 490 g/mol.